The third-order valence-corrected chi connectivity index (χ3v) is 4.78. The van der Waals surface area contributed by atoms with Crippen LogP contribution in [0.25, 0.3) is 0 Å². The van der Waals surface area contributed by atoms with Crippen molar-refractivity contribution in [1.82, 2.24) is 15.0 Å². The van der Waals surface area contributed by atoms with Crippen molar-refractivity contribution < 1.29 is 19.1 Å². The zero-order valence-corrected chi connectivity index (χ0v) is 16.7. The van der Waals surface area contributed by atoms with Gasteiger partial charge in [-0.15, -0.1) is 5.10 Å². The number of anilines is 2. The summed E-state index contributed by atoms with van der Waals surface area (Å²) in [5.41, 5.74) is 2.29. The second-order valence-electron chi connectivity index (χ2n) is 7.11. The van der Waals surface area contributed by atoms with Gasteiger partial charge in [-0.05, 0) is 30.2 Å². The van der Waals surface area contributed by atoms with Gasteiger partial charge >= 0.3 is 5.97 Å². The van der Waals surface area contributed by atoms with Crippen LogP contribution in [0.1, 0.15) is 28.9 Å². The number of rotatable bonds is 7. The maximum Gasteiger partial charge on any atom is 0.361 e. The van der Waals surface area contributed by atoms with E-state index >= 15 is 0 Å². The third-order valence-electron chi connectivity index (χ3n) is 4.78. The summed E-state index contributed by atoms with van der Waals surface area (Å²) in [6.45, 7) is 0.674. The fourth-order valence-corrected chi connectivity index (χ4v) is 3.31. The maximum atomic E-state index is 12.2. The number of nitrogens with one attached hydrogen (secondary N) is 1. The molecule has 0 unspecified atom stereocenters. The number of nitrogens with zero attached hydrogens (tertiary/aromatic N) is 4. The van der Waals surface area contributed by atoms with E-state index in [4.69, 9.17) is 4.74 Å². The summed E-state index contributed by atoms with van der Waals surface area (Å²) in [6.07, 6.45) is 2.83. The molecule has 1 aromatic heterocycles. The Morgan fingerprint density at radius 3 is 2.71 bits per heavy atom. The van der Waals surface area contributed by atoms with Gasteiger partial charge in [0.1, 0.15) is 0 Å². The van der Waals surface area contributed by atoms with Crippen LogP contribution >= 0.6 is 0 Å². The van der Waals surface area contributed by atoms with Crippen LogP contribution in [0, 0.1) is 0 Å². The van der Waals surface area contributed by atoms with E-state index in [1.54, 1.807) is 23.1 Å². The lowest BCUT2D eigenvalue weighted by Crippen LogP contribution is -2.24. The van der Waals surface area contributed by atoms with Gasteiger partial charge in [-0.25, -0.2) is 9.48 Å². The Balaban J connectivity index is 1.29. The number of aromatic nitrogens is 3. The summed E-state index contributed by atoms with van der Waals surface area (Å²) in [5, 5.41) is 10.4. The van der Waals surface area contributed by atoms with E-state index in [-0.39, 0.29) is 11.6 Å². The summed E-state index contributed by atoms with van der Waals surface area (Å²) in [6, 6.07) is 16.6. The van der Waals surface area contributed by atoms with Crippen LogP contribution in [-0.4, -0.2) is 45.9 Å². The van der Waals surface area contributed by atoms with Crippen LogP contribution in [-0.2, 0) is 20.9 Å². The minimum absolute atomic E-state index is 0.0262. The molecule has 0 bridgehead atoms. The van der Waals surface area contributed by atoms with Crippen molar-refractivity contribution in [3.8, 4) is 0 Å². The van der Waals surface area contributed by atoms with Crippen LogP contribution < -0.4 is 10.2 Å². The summed E-state index contributed by atoms with van der Waals surface area (Å²) in [7, 11) is 0. The molecule has 31 heavy (non-hydrogen) atoms. The summed E-state index contributed by atoms with van der Waals surface area (Å²) in [5.74, 6) is -1.15. The van der Waals surface area contributed by atoms with Crippen LogP contribution in [0.3, 0.4) is 0 Å². The molecule has 1 fully saturated rings. The van der Waals surface area contributed by atoms with E-state index in [1.807, 2.05) is 36.4 Å². The third kappa shape index (κ3) is 5.13. The van der Waals surface area contributed by atoms with E-state index in [9.17, 15) is 14.4 Å². The molecule has 0 atom stereocenters. The normalized spacial score (nSPS) is 13.3. The van der Waals surface area contributed by atoms with Crippen molar-refractivity contribution in [3.05, 3.63) is 72.1 Å². The molecule has 2 amide bonds. The Kier molecular flexibility index (Phi) is 6.02. The number of amides is 2. The van der Waals surface area contributed by atoms with Gasteiger partial charge in [0.05, 0.1) is 12.7 Å². The second-order valence-corrected chi connectivity index (χ2v) is 7.11. The molecule has 0 aliphatic carbocycles. The fraction of sp³-hybridized carbons (Fsp3) is 0.227. The molecule has 9 nitrogen and oxygen atoms in total. The SMILES string of the molecule is O=C(COC(=O)c1cn(Cc2ccccc2)nn1)Nc1cccc(N2CCCC2=O)c1. The predicted octanol–water partition coefficient (Wildman–Crippen LogP) is 2.25. The van der Waals surface area contributed by atoms with Gasteiger partial charge in [-0.3, -0.25) is 9.59 Å². The number of carbonyl (C=O) groups is 3. The summed E-state index contributed by atoms with van der Waals surface area (Å²) < 4.78 is 6.57. The first kappa shape index (κ1) is 20.3. The van der Waals surface area contributed by atoms with E-state index in [0.717, 1.165) is 17.7 Å². The number of ether oxygens (including phenoxy) is 1. The smallest absolute Gasteiger partial charge is 0.361 e. The number of esters is 1. The first-order valence-electron chi connectivity index (χ1n) is 9.90. The number of hydrogen-bond acceptors (Lipinski definition) is 6. The topological polar surface area (TPSA) is 106 Å². The van der Waals surface area contributed by atoms with Gasteiger partial charge in [-0.2, -0.15) is 0 Å². The number of carbonyl (C=O) groups excluding carboxylic acids is 3. The van der Waals surface area contributed by atoms with Crippen molar-refractivity contribution in [3.63, 3.8) is 0 Å². The molecular formula is C22H21N5O4. The van der Waals surface area contributed by atoms with Crippen LogP contribution in [0.2, 0.25) is 0 Å². The highest BCUT2D eigenvalue weighted by Crippen LogP contribution is 2.24. The molecular weight excluding hydrogens is 398 g/mol. The Morgan fingerprint density at radius 2 is 1.94 bits per heavy atom. The molecule has 3 aromatic rings. The van der Waals surface area contributed by atoms with Gasteiger partial charge in [0.15, 0.2) is 12.3 Å². The van der Waals surface area contributed by atoms with Crippen molar-refractivity contribution in [1.29, 1.82) is 0 Å². The lowest BCUT2D eigenvalue weighted by molar-refractivity contribution is -0.119. The van der Waals surface area contributed by atoms with Crippen molar-refractivity contribution in [2.75, 3.05) is 23.4 Å². The maximum absolute atomic E-state index is 12.2. The fourth-order valence-electron chi connectivity index (χ4n) is 3.31. The molecule has 1 aliphatic heterocycles. The highest BCUT2D eigenvalue weighted by atomic mass is 16.5. The molecule has 158 valence electrons. The lowest BCUT2D eigenvalue weighted by Gasteiger charge is -2.16. The van der Waals surface area contributed by atoms with E-state index in [2.05, 4.69) is 15.6 Å². The first-order valence-corrected chi connectivity index (χ1v) is 9.90. The van der Waals surface area contributed by atoms with Crippen LogP contribution in [0.15, 0.2) is 60.8 Å². The van der Waals surface area contributed by atoms with Gasteiger partial charge in [0, 0.05) is 24.3 Å². The molecule has 2 heterocycles. The minimum atomic E-state index is -0.731. The minimum Gasteiger partial charge on any atom is -0.451 e. The molecule has 1 aliphatic rings. The zero-order valence-electron chi connectivity index (χ0n) is 16.7. The average Bonchev–Trinajstić information content (AvgIpc) is 3.42. The van der Waals surface area contributed by atoms with E-state index in [0.29, 0.717) is 25.2 Å². The Bertz CT molecular complexity index is 1100. The van der Waals surface area contributed by atoms with Crippen molar-refractivity contribution in [2.45, 2.75) is 19.4 Å². The molecule has 1 saturated heterocycles. The number of benzene rings is 2. The van der Waals surface area contributed by atoms with Gasteiger partial charge < -0.3 is 15.0 Å². The Labute approximate surface area is 178 Å². The van der Waals surface area contributed by atoms with Crippen LogP contribution in [0.5, 0.6) is 0 Å². The Hall–Kier alpha value is -4.01. The largest absolute Gasteiger partial charge is 0.451 e. The van der Waals surface area contributed by atoms with Crippen LogP contribution in [0.4, 0.5) is 11.4 Å². The molecule has 0 radical (unpaired) electrons. The van der Waals surface area contributed by atoms with E-state index < -0.39 is 18.5 Å². The molecule has 4 rings (SSSR count). The molecule has 9 heteroatoms. The Morgan fingerprint density at radius 1 is 1.10 bits per heavy atom. The van der Waals surface area contributed by atoms with E-state index in [1.165, 1.54) is 10.9 Å². The first-order chi connectivity index (χ1) is 15.1. The molecule has 2 aromatic carbocycles. The summed E-state index contributed by atoms with van der Waals surface area (Å²) in [4.78, 5) is 37.9. The molecule has 0 saturated carbocycles. The monoisotopic (exact) mass is 419 g/mol. The standard InChI is InChI=1S/C22H21N5O4/c28-20(23-17-8-4-9-18(12-17)27-11-5-10-21(27)29)15-31-22(30)19-14-26(25-24-19)13-16-6-2-1-3-7-16/h1-4,6-9,12,14H,5,10-11,13,15H2,(H,23,28). The van der Waals surface area contributed by atoms with Gasteiger partial charge in [0.25, 0.3) is 5.91 Å². The average molecular weight is 419 g/mol. The predicted molar refractivity (Wildman–Crippen MR) is 113 cm³/mol. The van der Waals surface area contributed by atoms with Gasteiger partial charge in [-0.1, -0.05) is 41.6 Å². The number of hydrogen-bond donors (Lipinski definition) is 1. The molecule has 0 spiro atoms. The highest BCUT2D eigenvalue weighted by Gasteiger charge is 2.22. The van der Waals surface area contributed by atoms with Crippen molar-refractivity contribution >= 4 is 29.2 Å². The summed E-state index contributed by atoms with van der Waals surface area (Å²) >= 11 is 0. The lowest BCUT2D eigenvalue weighted by atomic mass is 10.2. The molecule has 1 N–H and O–H groups in total. The van der Waals surface area contributed by atoms with Gasteiger partial charge in [0.2, 0.25) is 5.91 Å². The second kappa shape index (κ2) is 9.21. The highest BCUT2D eigenvalue weighted by molar-refractivity contribution is 5.98. The zero-order chi connectivity index (χ0) is 21.6. The quantitative estimate of drug-likeness (QED) is 0.589. The van der Waals surface area contributed by atoms with Crippen molar-refractivity contribution in [2.24, 2.45) is 0 Å².